The zero-order valence-electron chi connectivity index (χ0n) is 16.2. The highest BCUT2D eigenvalue weighted by Crippen LogP contribution is 2.37. The normalized spacial score (nSPS) is 14.2. The van der Waals surface area contributed by atoms with Gasteiger partial charge in [-0.2, -0.15) is 0 Å². The number of H-pyrrole nitrogens is 1. The minimum absolute atomic E-state index is 0.0314. The molecule has 0 saturated heterocycles. The number of nitrogens with zero attached hydrogens (tertiary/aromatic N) is 1. The number of benzene rings is 2. The van der Waals surface area contributed by atoms with Crippen molar-refractivity contribution >= 4 is 10.9 Å². The van der Waals surface area contributed by atoms with Gasteiger partial charge in [-0.1, -0.05) is 0 Å². The summed E-state index contributed by atoms with van der Waals surface area (Å²) in [6, 6.07) is 8.66. The number of methoxy groups -OCH3 is 2. The van der Waals surface area contributed by atoms with Gasteiger partial charge < -0.3 is 19.6 Å². The molecule has 0 amide bonds. The number of aryl methyl sites for hydroxylation is 1. The van der Waals surface area contributed by atoms with Crippen LogP contribution in [0.25, 0.3) is 10.9 Å². The summed E-state index contributed by atoms with van der Waals surface area (Å²) >= 11 is 0. The van der Waals surface area contributed by atoms with Crippen LogP contribution in [0.15, 0.2) is 30.3 Å². The predicted octanol–water partition coefficient (Wildman–Crippen LogP) is 4.02. The van der Waals surface area contributed by atoms with Gasteiger partial charge in [0.2, 0.25) is 5.75 Å². The summed E-state index contributed by atoms with van der Waals surface area (Å²) in [7, 11) is 3.07. The number of ether oxygens (including phenoxy) is 2. The molecule has 0 radical (unpaired) electrons. The number of halogens is 1. The second-order valence-corrected chi connectivity index (χ2v) is 7.25. The molecule has 2 aromatic carbocycles. The standard InChI is InChI=1S/C22H25FN2O3/c1-27-20-10-14(11-21(28-2)22(20)26)4-3-8-25-9-7-19-17(13-25)16-12-15(23)5-6-18(16)24-19/h5-6,10-12,24,26H,3-4,7-9,13H2,1-2H3. The first kappa shape index (κ1) is 18.6. The molecule has 6 heteroatoms. The molecule has 1 aliphatic heterocycles. The number of aromatic nitrogens is 1. The number of rotatable bonds is 6. The van der Waals surface area contributed by atoms with Gasteiger partial charge in [-0.3, -0.25) is 4.90 Å². The van der Waals surface area contributed by atoms with E-state index in [0.717, 1.165) is 55.4 Å². The first-order valence-corrected chi connectivity index (χ1v) is 9.54. The minimum Gasteiger partial charge on any atom is -0.502 e. The number of nitrogens with one attached hydrogen (secondary N) is 1. The van der Waals surface area contributed by atoms with Gasteiger partial charge >= 0.3 is 0 Å². The molecular formula is C22H25FN2O3. The van der Waals surface area contributed by atoms with Crippen LogP contribution in [-0.4, -0.2) is 42.3 Å². The largest absolute Gasteiger partial charge is 0.502 e. The van der Waals surface area contributed by atoms with Crippen LogP contribution >= 0.6 is 0 Å². The van der Waals surface area contributed by atoms with Crippen molar-refractivity contribution < 1.29 is 19.0 Å². The third-order valence-corrected chi connectivity index (χ3v) is 5.50. The van der Waals surface area contributed by atoms with Gasteiger partial charge in [-0.05, 0) is 60.8 Å². The van der Waals surface area contributed by atoms with Crippen LogP contribution in [-0.2, 0) is 19.4 Å². The maximum Gasteiger partial charge on any atom is 0.200 e. The monoisotopic (exact) mass is 384 g/mol. The van der Waals surface area contributed by atoms with Crippen LogP contribution in [0.3, 0.4) is 0 Å². The van der Waals surface area contributed by atoms with E-state index in [-0.39, 0.29) is 11.6 Å². The molecule has 0 bridgehead atoms. The molecule has 4 rings (SSSR count). The van der Waals surface area contributed by atoms with Crippen molar-refractivity contribution in [1.82, 2.24) is 9.88 Å². The third-order valence-electron chi connectivity index (χ3n) is 5.50. The maximum atomic E-state index is 13.7. The van der Waals surface area contributed by atoms with Crippen LogP contribution in [0.1, 0.15) is 23.2 Å². The maximum absolute atomic E-state index is 13.7. The molecule has 0 unspecified atom stereocenters. The first-order valence-electron chi connectivity index (χ1n) is 9.54. The molecular weight excluding hydrogens is 359 g/mol. The number of aromatic hydroxyl groups is 1. The van der Waals surface area contributed by atoms with Crippen LogP contribution < -0.4 is 9.47 Å². The minimum atomic E-state index is -0.193. The average molecular weight is 384 g/mol. The van der Waals surface area contributed by atoms with Crippen molar-refractivity contribution in [3.8, 4) is 17.2 Å². The highest BCUT2D eigenvalue weighted by molar-refractivity contribution is 5.84. The predicted molar refractivity (Wildman–Crippen MR) is 107 cm³/mol. The lowest BCUT2D eigenvalue weighted by atomic mass is 10.0. The molecule has 2 heterocycles. The Bertz CT molecular complexity index is 974. The van der Waals surface area contributed by atoms with Crippen molar-refractivity contribution in [2.24, 2.45) is 0 Å². The van der Waals surface area contributed by atoms with E-state index >= 15 is 0 Å². The third kappa shape index (κ3) is 3.52. The van der Waals surface area contributed by atoms with E-state index in [1.54, 1.807) is 6.07 Å². The summed E-state index contributed by atoms with van der Waals surface area (Å²) in [6.45, 7) is 2.78. The number of phenols is 1. The van der Waals surface area contributed by atoms with Crippen molar-refractivity contribution in [2.75, 3.05) is 27.3 Å². The number of aromatic amines is 1. The van der Waals surface area contributed by atoms with Crippen molar-refractivity contribution in [3.05, 3.63) is 53.0 Å². The lowest BCUT2D eigenvalue weighted by Gasteiger charge is -2.27. The van der Waals surface area contributed by atoms with Crippen LogP contribution in [0.4, 0.5) is 4.39 Å². The summed E-state index contributed by atoms with van der Waals surface area (Å²) in [5.74, 6) is 0.695. The molecule has 0 fully saturated rings. The van der Waals surface area contributed by atoms with E-state index in [0.29, 0.717) is 11.5 Å². The molecule has 0 saturated carbocycles. The molecule has 5 nitrogen and oxygen atoms in total. The quantitative estimate of drug-likeness (QED) is 0.674. The summed E-state index contributed by atoms with van der Waals surface area (Å²) in [5, 5.41) is 11.0. The number of fused-ring (bicyclic) bond motifs is 3. The molecule has 0 aliphatic carbocycles. The number of hydrogen-bond donors (Lipinski definition) is 2. The summed E-state index contributed by atoms with van der Waals surface area (Å²) < 4.78 is 24.1. The van der Waals surface area contributed by atoms with Gasteiger partial charge in [0.25, 0.3) is 0 Å². The van der Waals surface area contributed by atoms with E-state index in [2.05, 4.69) is 9.88 Å². The Kier molecular flexibility index (Phi) is 5.13. The summed E-state index contributed by atoms with van der Waals surface area (Å²) in [6.07, 6.45) is 2.79. The van der Waals surface area contributed by atoms with Gasteiger partial charge in [0.15, 0.2) is 11.5 Å². The number of phenolic OH excluding ortho intramolecular Hbond substituents is 1. The van der Waals surface area contributed by atoms with E-state index in [4.69, 9.17) is 9.47 Å². The molecule has 28 heavy (non-hydrogen) atoms. The van der Waals surface area contributed by atoms with E-state index in [9.17, 15) is 9.50 Å². The van der Waals surface area contributed by atoms with Gasteiger partial charge in [-0.25, -0.2) is 4.39 Å². The molecule has 3 aromatic rings. The van der Waals surface area contributed by atoms with Crippen LogP contribution in [0, 0.1) is 5.82 Å². The van der Waals surface area contributed by atoms with Gasteiger partial charge in [-0.15, -0.1) is 0 Å². The highest BCUT2D eigenvalue weighted by Gasteiger charge is 2.20. The zero-order valence-corrected chi connectivity index (χ0v) is 16.2. The van der Waals surface area contributed by atoms with Crippen LogP contribution in [0.5, 0.6) is 17.2 Å². The van der Waals surface area contributed by atoms with E-state index in [1.165, 1.54) is 31.5 Å². The summed E-state index contributed by atoms with van der Waals surface area (Å²) in [4.78, 5) is 5.84. The van der Waals surface area contributed by atoms with Gasteiger partial charge in [0.05, 0.1) is 14.2 Å². The Hall–Kier alpha value is -2.73. The lowest BCUT2D eigenvalue weighted by Crippen LogP contribution is -2.31. The first-order chi connectivity index (χ1) is 13.6. The molecule has 2 N–H and O–H groups in total. The number of hydrogen-bond acceptors (Lipinski definition) is 4. The second-order valence-electron chi connectivity index (χ2n) is 7.25. The Labute approximate surface area is 163 Å². The fourth-order valence-electron chi connectivity index (χ4n) is 4.03. The van der Waals surface area contributed by atoms with Crippen molar-refractivity contribution in [2.45, 2.75) is 25.8 Å². The zero-order chi connectivity index (χ0) is 19.7. The van der Waals surface area contributed by atoms with Gasteiger partial charge in [0.1, 0.15) is 5.82 Å². The van der Waals surface area contributed by atoms with E-state index < -0.39 is 0 Å². The molecule has 0 spiro atoms. The fourth-order valence-corrected chi connectivity index (χ4v) is 4.03. The van der Waals surface area contributed by atoms with E-state index in [1.807, 2.05) is 18.2 Å². The average Bonchev–Trinajstić information content (AvgIpc) is 3.06. The van der Waals surface area contributed by atoms with Crippen molar-refractivity contribution in [3.63, 3.8) is 0 Å². The molecule has 1 aromatic heterocycles. The highest BCUT2D eigenvalue weighted by atomic mass is 19.1. The molecule has 148 valence electrons. The molecule has 1 aliphatic rings. The fraction of sp³-hybridized carbons (Fsp3) is 0.364. The second kappa shape index (κ2) is 7.72. The SMILES string of the molecule is COc1cc(CCCN2CCc3[nH]c4ccc(F)cc4c3C2)cc(OC)c1O. The topological polar surface area (TPSA) is 57.7 Å². The Balaban J connectivity index is 1.42. The van der Waals surface area contributed by atoms with Crippen LogP contribution in [0.2, 0.25) is 0 Å². The summed E-state index contributed by atoms with van der Waals surface area (Å²) in [5.41, 5.74) is 4.52. The van der Waals surface area contributed by atoms with Gasteiger partial charge in [0, 0.05) is 36.1 Å². The Morgan fingerprint density at radius 1 is 1.14 bits per heavy atom. The van der Waals surface area contributed by atoms with Crippen molar-refractivity contribution in [1.29, 1.82) is 0 Å². The smallest absolute Gasteiger partial charge is 0.200 e. The molecule has 0 atom stereocenters. The Morgan fingerprint density at radius 2 is 1.89 bits per heavy atom. The Morgan fingerprint density at radius 3 is 2.61 bits per heavy atom. The lowest BCUT2D eigenvalue weighted by molar-refractivity contribution is 0.251.